The van der Waals surface area contributed by atoms with Gasteiger partial charge in [0.05, 0.1) is 18.1 Å². The molecule has 0 spiro atoms. The number of azide groups is 1. The van der Waals surface area contributed by atoms with Crippen molar-refractivity contribution in [1.82, 2.24) is 5.32 Å². The Morgan fingerprint density at radius 3 is 2.05 bits per heavy atom. The summed E-state index contributed by atoms with van der Waals surface area (Å²) in [6, 6.07) is 22.3. The van der Waals surface area contributed by atoms with Crippen LogP contribution in [0.2, 0.25) is 0 Å². The van der Waals surface area contributed by atoms with Crippen LogP contribution in [0.25, 0.3) is 10.4 Å². The van der Waals surface area contributed by atoms with Gasteiger partial charge in [0.1, 0.15) is 43.2 Å². The second kappa shape index (κ2) is 21.7. The first-order chi connectivity index (χ1) is 34.7. The summed E-state index contributed by atoms with van der Waals surface area (Å²) in [7, 11) is 0. The van der Waals surface area contributed by atoms with Gasteiger partial charge >= 0.3 is 35.8 Å². The van der Waals surface area contributed by atoms with E-state index in [-0.39, 0.29) is 47.3 Å². The van der Waals surface area contributed by atoms with E-state index in [9.17, 15) is 33.9 Å². The van der Waals surface area contributed by atoms with E-state index in [0.29, 0.717) is 0 Å². The Morgan fingerprint density at radius 1 is 0.849 bits per heavy atom. The molecule has 2 N–H and O–H groups in total. The molecule has 1 aliphatic heterocycles. The van der Waals surface area contributed by atoms with Crippen LogP contribution in [-0.2, 0) is 66.7 Å². The summed E-state index contributed by atoms with van der Waals surface area (Å²) in [5.41, 5.74) is 1.71. The standard InChI is InChI=1S/C52H56N4O17/c1-29-35(70-48(64)42(71-38(60)26-66-25-37(59)68-28-54-56-53)40(32-16-10-7-11-17-32)55-46(62)33-18-12-8-13-19-33)24-52(65)45(72-47(63)34-20-14-9-15-21-34)43-50(6,23-22-36-51(43,27-67-36)73-31(3)58)44(61)41(69-30(2)57)39(29)49(52,4)5/h7-21,35-36,40-43,45,65H,22-28H2,1-6H3,(H,55,62)/t35-,36+,40-,41+,42+,43-,45-,50+,51-,52+/m0/s1. The summed E-state index contributed by atoms with van der Waals surface area (Å²) in [6.45, 7) is 5.87. The first-order valence-electron chi connectivity index (χ1n) is 23.5. The molecule has 0 radical (unpaired) electrons. The molecule has 3 aliphatic carbocycles. The third-order valence-electron chi connectivity index (χ3n) is 14.4. The van der Waals surface area contributed by atoms with Gasteiger partial charge in [-0.15, -0.1) is 0 Å². The summed E-state index contributed by atoms with van der Waals surface area (Å²) in [6.07, 6.45) is -8.34. The van der Waals surface area contributed by atoms with Gasteiger partial charge in [-0.25, -0.2) is 19.2 Å². The molecule has 73 heavy (non-hydrogen) atoms. The minimum Gasteiger partial charge on any atom is -0.458 e. The number of ether oxygens (including phenoxy) is 8. The number of esters is 6. The third-order valence-corrected chi connectivity index (χ3v) is 14.4. The molecule has 4 aliphatic rings. The predicted molar refractivity (Wildman–Crippen MR) is 251 cm³/mol. The van der Waals surface area contributed by atoms with E-state index in [1.165, 1.54) is 38.1 Å². The van der Waals surface area contributed by atoms with Gasteiger partial charge in [0.25, 0.3) is 5.91 Å². The normalized spacial score (nSPS) is 27.4. The Hall–Kier alpha value is -7.45. The second-order valence-electron chi connectivity index (χ2n) is 19.1. The van der Waals surface area contributed by atoms with Crippen molar-refractivity contribution < 1.29 is 81.4 Å². The largest absolute Gasteiger partial charge is 0.458 e. The van der Waals surface area contributed by atoms with E-state index in [2.05, 4.69) is 15.3 Å². The lowest BCUT2D eigenvalue weighted by Gasteiger charge is -2.66. The fourth-order valence-electron chi connectivity index (χ4n) is 10.9. The Balaban J connectivity index is 1.36. The molecule has 7 rings (SSSR count). The quantitative estimate of drug-likeness (QED) is 0.0442. The van der Waals surface area contributed by atoms with E-state index < -0.39 is 138 Å². The van der Waals surface area contributed by atoms with E-state index in [0.717, 1.165) is 6.92 Å². The van der Waals surface area contributed by atoms with Crippen LogP contribution in [0.4, 0.5) is 0 Å². The molecule has 3 aromatic carbocycles. The molecule has 3 fully saturated rings. The highest BCUT2D eigenvalue weighted by molar-refractivity contribution is 5.96. The lowest BCUT2D eigenvalue weighted by molar-refractivity contribution is -0.332. The van der Waals surface area contributed by atoms with Crippen LogP contribution in [0.1, 0.15) is 93.1 Å². The van der Waals surface area contributed by atoms with Crippen LogP contribution < -0.4 is 5.32 Å². The molecule has 0 unspecified atom stereocenters. The number of nitrogens with zero attached hydrogens (tertiary/aromatic N) is 3. The van der Waals surface area contributed by atoms with Crippen molar-refractivity contribution in [2.45, 2.75) is 109 Å². The van der Waals surface area contributed by atoms with E-state index in [1.807, 2.05) is 0 Å². The van der Waals surface area contributed by atoms with Gasteiger partial charge in [0.2, 0.25) is 6.10 Å². The number of benzene rings is 3. The lowest BCUT2D eigenvalue weighted by atomic mass is 9.45. The molecule has 21 nitrogen and oxygen atoms in total. The summed E-state index contributed by atoms with van der Waals surface area (Å²) < 4.78 is 46.6. The van der Waals surface area contributed by atoms with Crippen LogP contribution in [-0.4, -0.2) is 121 Å². The maximum absolute atomic E-state index is 15.7. The molecular formula is C52H56N4O17. The van der Waals surface area contributed by atoms with E-state index >= 15 is 9.59 Å². The van der Waals surface area contributed by atoms with Crippen LogP contribution in [0.3, 0.4) is 0 Å². The molecule has 1 heterocycles. The Bertz CT molecular complexity index is 2710. The topological polar surface area (TPSA) is 291 Å². The molecule has 0 aromatic heterocycles. The summed E-state index contributed by atoms with van der Waals surface area (Å²) in [4.78, 5) is 114. The van der Waals surface area contributed by atoms with Gasteiger partial charge in [0, 0.05) is 41.6 Å². The third kappa shape index (κ3) is 10.6. The van der Waals surface area contributed by atoms with Crippen molar-refractivity contribution in [3.63, 3.8) is 0 Å². The van der Waals surface area contributed by atoms with Crippen molar-refractivity contribution in [2.75, 3.05) is 26.6 Å². The fourth-order valence-corrected chi connectivity index (χ4v) is 10.9. The smallest absolute Gasteiger partial charge is 0.350 e. The zero-order valence-corrected chi connectivity index (χ0v) is 41.0. The van der Waals surface area contributed by atoms with Crippen LogP contribution in [0, 0.1) is 16.7 Å². The molecule has 21 heteroatoms. The number of hydrogen-bond donors (Lipinski definition) is 2. The van der Waals surface area contributed by atoms with Gasteiger partial charge in [-0.1, -0.05) is 92.6 Å². The van der Waals surface area contributed by atoms with Gasteiger partial charge in [-0.3, -0.25) is 19.2 Å². The van der Waals surface area contributed by atoms with Crippen molar-refractivity contribution in [3.8, 4) is 0 Å². The monoisotopic (exact) mass is 1010 g/mol. The van der Waals surface area contributed by atoms with Crippen LogP contribution in [0.15, 0.2) is 107 Å². The molecule has 386 valence electrons. The number of fused-ring (bicyclic) bond motifs is 5. The van der Waals surface area contributed by atoms with E-state index in [1.54, 1.807) is 87.5 Å². The fraction of sp³-hybridized carbons (Fsp3) is 0.462. The number of rotatable bonds is 17. The number of nitrogens with one attached hydrogen (secondary N) is 1. The lowest BCUT2D eigenvalue weighted by Crippen LogP contribution is -2.79. The average Bonchev–Trinajstić information content (AvgIpc) is 3.35. The number of aliphatic hydroxyl groups is 1. The van der Waals surface area contributed by atoms with Crippen molar-refractivity contribution in [1.29, 1.82) is 0 Å². The molecule has 2 saturated carbocycles. The average molecular weight is 1010 g/mol. The molecule has 1 amide bonds. The Morgan fingerprint density at radius 2 is 1.47 bits per heavy atom. The number of hydrogen-bond acceptors (Lipinski definition) is 18. The highest BCUT2D eigenvalue weighted by Gasteiger charge is 2.76. The van der Waals surface area contributed by atoms with Crippen molar-refractivity contribution in [2.24, 2.45) is 21.9 Å². The Labute approximate surface area is 419 Å². The molecular weight excluding hydrogens is 953 g/mol. The van der Waals surface area contributed by atoms with Gasteiger partial charge < -0.3 is 48.3 Å². The highest BCUT2D eigenvalue weighted by atomic mass is 16.6. The minimum absolute atomic E-state index is 0.0134. The first kappa shape index (κ1) is 53.4. The second-order valence-corrected chi connectivity index (χ2v) is 19.1. The van der Waals surface area contributed by atoms with Gasteiger partial charge in [-0.05, 0) is 66.3 Å². The molecule has 3 aromatic rings. The van der Waals surface area contributed by atoms with Gasteiger partial charge in [-0.2, -0.15) is 0 Å². The zero-order chi connectivity index (χ0) is 52.9. The number of carbonyl (C=O) groups is 8. The minimum atomic E-state index is -2.40. The number of amides is 1. The number of ketones is 1. The summed E-state index contributed by atoms with van der Waals surface area (Å²) in [5, 5.41) is 19.8. The van der Waals surface area contributed by atoms with E-state index in [4.69, 9.17) is 43.4 Å². The number of Topliss-reactive ketones (excluding diaryl/α,β-unsaturated/α-hetero) is 1. The van der Waals surface area contributed by atoms with Gasteiger partial charge in [0.15, 0.2) is 24.2 Å². The maximum Gasteiger partial charge on any atom is 0.350 e. The number of carbonyl (C=O) groups excluding carboxylic acids is 8. The highest BCUT2D eigenvalue weighted by Crippen LogP contribution is 2.64. The van der Waals surface area contributed by atoms with Crippen LogP contribution in [0.5, 0.6) is 0 Å². The Kier molecular flexibility index (Phi) is 15.9. The summed E-state index contributed by atoms with van der Waals surface area (Å²) >= 11 is 0. The first-order valence-corrected chi connectivity index (χ1v) is 23.5. The van der Waals surface area contributed by atoms with Crippen molar-refractivity contribution in [3.05, 3.63) is 129 Å². The predicted octanol–water partition coefficient (Wildman–Crippen LogP) is 5.14. The molecule has 10 atom stereocenters. The molecule has 1 saturated heterocycles. The maximum atomic E-state index is 15.7. The van der Waals surface area contributed by atoms with Crippen molar-refractivity contribution >= 4 is 47.5 Å². The molecule has 2 bridgehead atoms. The van der Waals surface area contributed by atoms with Crippen LogP contribution >= 0.6 is 0 Å². The SMILES string of the molecule is CC(=O)O[C@H]1C(=O)[C@]2(C)CC[C@H]3OC[C@@]3(OC(C)=O)[C@H]2[C@H](OC(=O)c2ccccc2)[C@]2(O)C[C@H](OC(=O)[C@H](OC(=O)COCC(=O)OCN=[N+]=[N-])[C@@H](NC(=O)c3ccccc3)c3ccccc3)C(C)=C1C2(C)C. The summed E-state index contributed by atoms with van der Waals surface area (Å²) in [5.74, 6) is -8.82. The zero-order valence-electron chi connectivity index (χ0n) is 41.0.